The number of sulfonamides is 1. The van der Waals surface area contributed by atoms with Gasteiger partial charge in [0, 0.05) is 38.4 Å². The lowest BCUT2D eigenvalue weighted by atomic mass is 10.1. The van der Waals surface area contributed by atoms with Crippen LogP contribution in [0.5, 0.6) is 0 Å². The maximum absolute atomic E-state index is 13.1. The molecular weight excluding hydrogens is 361 g/mol. The number of halogens is 1. The maximum atomic E-state index is 13.1. The number of hydrogen-bond donors (Lipinski definition) is 2. The topological polar surface area (TPSA) is 85.0 Å². The van der Waals surface area contributed by atoms with Crippen molar-refractivity contribution in [3.05, 3.63) is 30.1 Å². The SMILES string of the molecule is O=C1NNC2C(S(=O)(=O)N3CCN(c4ccc(F)cc4)CC3)CCCN12. The number of hydrogen-bond acceptors (Lipinski definition) is 5. The summed E-state index contributed by atoms with van der Waals surface area (Å²) in [5.74, 6) is -0.288. The number of hydrazine groups is 1. The molecule has 0 aliphatic carbocycles. The number of carbonyl (C=O) groups is 1. The van der Waals surface area contributed by atoms with Crippen LogP contribution in [0.15, 0.2) is 24.3 Å². The van der Waals surface area contributed by atoms with Crippen molar-refractivity contribution in [1.29, 1.82) is 0 Å². The normalized spacial score (nSPS) is 27.3. The second kappa shape index (κ2) is 6.67. The molecule has 0 saturated carbocycles. The van der Waals surface area contributed by atoms with Gasteiger partial charge in [0.1, 0.15) is 17.2 Å². The summed E-state index contributed by atoms with van der Waals surface area (Å²) in [7, 11) is -3.52. The highest BCUT2D eigenvalue weighted by Crippen LogP contribution is 2.28. The molecule has 3 saturated heterocycles. The van der Waals surface area contributed by atoms with Gasteiger partial charge in [0.05, 0.1) is 0 Å². The van der Waals surface area contributed by atoms with Gasteiger partial charge in [-0.05, 0) is 37.1 Å². The minimum atomic E-state index is -3.52. The first-order valence-corrected chi connectivity index (χ1v) is 10.3. The molecule has 3 aliphatic rings. The van der Waals surface area contributed by atoms with Crippen molar-refractivity contribution in [2.75, 3.05) is 37.6 Å². The predicted molar refractivity (Wildman–Crippen MR) is 94.3 cm³/mol. The Morgan fingerprint density at radius 3 is 2.42 bits per heavy atom. The first-order valence-electron chi connectivity index (χ1n) is 8.78. The van der Waals surface area contributed by atoms with Crippen molar-refractivity contribution < 1.29 is 17.6 Å². The van der Waals surface area contributed by atoms with Gasteiger partial charge < -0.3 is 9.80 Å². The predicted octanol–water partition coefficient (Wildman–Crippen LogP) is 0.296. The number of piperidine rings is 1. The summed E-state index contributed by atoms with van der Waals surface area (Å²) in [5.41, 5.74) is 6.22. The van der Waals surface area contributed by atoms with E-state index in [1.807, 2.05) is 0 Å². The van der Waals surface area contributed by atoms with E-state index in [0.29, 0.717) is 45.6 Å². The van der Waals surface area contributed by atoms with Crippen LogP contribution in [0, 0.1) is 5.82 Å². The molecular formula is C16H22FN5O3S. The van der Waals surface area contributed by atoms with Crippen LogP contribution in [0.25, 0.3) is 0 Å². The minimum Gasteiger partial charge on any atom is -0.369 e. The summed E-state index contributed by atoms with van der Waals surface area (Å²) < 4.78 is 40.8. The van der Waals surface area contributed by atoms with Crippen LogP contribution in [0.4, 0.5) is 14.9 Å². The van der Waals surface area contributed by atoms with Crippen molar-refractivity contribution in [3.63, 3.8) is 0 Å². The van der Waals surface area contributed by atoms with E-state index in [1.54, 1.807) is 17.0 Å². The fraction of sp³-hybridized carbons (Fsp3) is 0.562. The third-order valence-electron chi connectivity index (χ3n) is 5.34. The number of amides is 2. The average molecular weight is 383 g/mol. The smallest absolute Gasteiger partial charge is 0.333 e. The molecule has 0 spiro atoms. The summed E-state index contributed by atoms with van der Waals surface area (Å²) in [5, 5.41) is -0.646. The van der Waals surface area contributed by atoms with Gasteiger partial charge in [0.25, 0.3) is 0 Å². The first kappa shape index (κ1) is 17.5. The van der Waals surface area contributed by atoms with Gasteiger partial charge in [-0.2, -0.15) is 4.31 Å². The number of fused-ring (bicyclic) bond motifs is 1. The molecule has 0 aromatic heterocycles. The van der Waals surface area contributed by atoms with Gasteiger partial charge in [0.15, 0.2) is 0 Å². The molecule has 2 amide bonds. The summed E-state index contributed by atoms with van der Waals surface area (Å²) in [6, 6.07) is 5.96. The minimum absolute atomic E-state index is 0.268. The Kier molecular flexibility index (Phi) is 4.49. The summed E-state index contributed by atoms with van der Waals surface area (Å²) >= 11 is 0. The summed E-state index contributed by atoms with van der Waals surface area (Å²) in [6.45, 7) is 2.43. The van der Waals surface area contributed by atoms with E-state index in [2.05, 4.69) is 15.8 Å². The van der Waals surface area contributed by atoms with Crippen LogP contribution >= 0.6 is 0 Å². The molecule has 1 aromatic rings. The molecule has 1 aromatic carbocycles. The summed E-state index contributed by atoms with van der Waals surface area (Å²) in [4.78, 5) is 15.4. The molecule has 10 heteroatoms. The number of anilines is 1. The van der Waals surface area contributed by atoms with E-state index in [-0.39, 0.29) is 11.8 Å². The number of nitrogens with one attached hydrogen (secondary N) is 2. The Labute approximate surface area is 152 Å². The molecule has 2 N–H and O–H groups in total. The van der Waals surface area contributed by atoms with Gasteiger partial charge in [-0.15, -0.1) is 0 Å². The van der Waals surface area contributed by atoms with Crippen molar-refractivity contribution >= 4 is 21.7 Å². The maximum Gasteiger partial charge on any atom is 0.333 e. The quantitative estimate of drug-likeness (QED) is 0.784. The first-order chi connectivity index (χ1) is 12.5. The third kappa shape index (κ3) is 3.01. The lowest BCUT2D eigenvalue weighted by Crippen LogP contribution is -2.59. The standard InChI is InChI=1S/C16H22FN5O3S/c17-12-3-5-13(6-4-12)20-8-10-21(11-9-20)26(24,25)14-2-1-7-22-15(14)18-19-16(22)23/h3-6,14-15,18H,1-2,7-11H2,(H,19,23). The van der Waals surface area contributed by atoms with E-state index in [0.717, 1.165) is 5.69 Å². The van der Waals surface area contributed by atoms with E-state index in [9.17, 15) is 17.6 Å². The Bertz CT molecular complexity index is 780. The van der Waals surface area contributed by atoms with Crippen LogP contribution in [-0.2, 0) is 10.0 Å². The molecule has 26 heavy (non-hydrogen) atoms. The number of piperazine rings is 1. The van der Waals surface area contributed by atoms with Crippen LogP contribution < -0.4 is 15.8 Å². The third-order valence-corrected chi connectivity index (χ3v) is 7.68. The Morgan fingerprint density at radius 1 is 1.04 bits per heavy atom. The fourth-order valence-corrected chi connectivity index (χ4v) is 5.98. The molecule has 2 atom stereocenters. The van der Waals surface area contributed by atoms with E-state index in [4.69, 9.17) is 0 Å². The van der Waals surface area contributed by atoms with Gasteiger partial charge in [-0.1, -0.05) is 0 Å². The average Bonchev–Trinajstić information content (AvgIpc) is 3.04. The van der Waals surface area contributed by atoms with Crippen LogP contribution in [0.1, 0.15) is 12.8 Å². The van der Waals surface area contributed by atoms with Gasteiger partial charge in [-0.3, -0.25) is 5.43 Å². The Balaban J connectivity index is 1.44. The lowest BCUT2D eigenvalue weighted by molar-refractivity contribution is 0.178. The molecule has 3 heterocycles. The summed E-state index contributed by atoms with van der Waals surface area (Å²) in [6.07, 6.45) is 0.686. The number of nitrogens with zero attached hydrogens (tertiary/aromatic N) is 3. The van der Waals surface area contributed by atoms with Crippen molar-refractivity contribution in [2.45, 2.75) is 24.3 Å². The molecule has 8 nitrogen and oxygen atoms in total. The number of urea groups is 1. The van der Waals surface area contributed by atoms with Crippen molar-refractivity contribution in [1.82, 2.24) is 20.1 Å². The van der Waals surface area contributed by atoms with E-state index >= 15 is 0 Å². The zero-order valence-electron chi connectivity index (χ0n) is 14.3. The van der Waals surface area contributed by atoms with Crippen molar-refractivity contribution in [2.24, 2.45) is 0 Å². The molecule has 4 rings (SSSR count). The second-order valence-corrected chi connectivity index (χ2v) is 8.95. The number of carbonyl (C=O) groups excluding carboxylic acids is 1. The van der Waals surface area contributed by atoms with Crippen LogP contribution in [-0.4, -0.2) is 67.8 Å². The molecule has 2 unspecified atom stereocenters. The number of rotatable bonds is 3. The van der Waals surface area contributed by atoms with Crippen LogP contribution in [0.3, 0.4) is 0 Å². The molecule has 3 fully saturated rings. The fourth-order valence-electron chi connectivity index (χ4n) is 3.92. The monoisotopic (exact) mass is 383 g/mol. The van der Waals surface area contributed by atoms with E-state index < -0.39 is 21.4 Å². The molecule has 3 aliphatic heterocycles. The molecule has 142 valence electrons. The van der Waals surface area contributed by atoms with E-state index in [1.165, 1.54) is 16.4 Å². The highest BCUT2D eigenvalue weighted by Gasteiger charge is 2.47. The Morgan fingerprint density at radius 2 is 1.73 bits per heavy atom. The van der Waals surface area contributed by atoms with Gasteiger partial charge in [-0.25, -0.2) is 23.0 Å². The molecule has 0 bridgehead atoms. The largest absolute Gasteiger partial charge is 0.369 e. The van der Waals surface area contributed by atoms with Gasteiger partial charge >= 0.3 is 6.03 Å². The number of benzene rings is 1. The second-order valence-electron chi connectivity index (χ2n) is 6.80. The molecule has 0 radical (unpaired) electrons. The highest BCUT2D eigenvalue weighted by molar-refractivity contribution is 7.89. The van der Waals surface area contributed by atoms with Crippen LogP contribution in [0.2, 0.25) is 0 Å². The lowest BCUT2D eigenvalue weighted by Gasteiger charge is -2.40. The Hall–Kier alpha value is -1.91. The zero-order valence-corrected chi connectivity index (χ0v) is 15.1. The van der Waals surface area contributed by atoms with Gasteiger partial charge in [0.2, 0.25) is 10.0 Å². The highest BCUT2D eigenvalue weighted by atomic mass is 32.2. The zero-order chi connectivity index (χ0) is 18.3. The van der Waals surface area contributed by atoms with Crippen molar-refractivity contribution in [3.8, 4) is 0 Å².